The standard InChI is InChI=1S/C15H17NO/c1-10-3-4-11-9-13(7-8-14(11)16-10)15(2,17)12-5-6-12/h3-4,7-9,12,17H,5-6H2,1-2H3. The summed E-state index contributed by atoms with van der Waals surface area (Å²) in [6, 6.07) is 10.2. The minimum absolute atomic E-state index is 0.429. The van der Waals surface area contributed by atoms with E-state index < -0.39 is 5.60 Å². The van der Waals surface area contributed by atoms with E-state index in [0.29, 0.717) is 5.92 Å². The van der Waals surface area contributed by atoms with E-state index in [1.54, 1.807) is 0 Å². The van der Waals surface area contributed by atoms with Crippen molar-refractivity contribution in [2.75, 3.05) is 0 Å². The minimum Gasteiger partial charge on any atom is -0.385 e. The Morgan fingerprint density at radius 3 is 2.71 bits per heavy atom. The first-order valence-corrected chi connectivity index (χ1v) is 6.17. The van der Waals surface area contributed by atoms with Gasteiger partial charge in [-0.15, -0.1) is 0 Å². The van der Waals surface area contributed by atoms with Crippen LogP contribution in [-0.2, 0) is 5.60 Å². The van der Waals surface area contributed by atoms with E-state index in [-0.39, 0.29) is 0 Å². The summed E-state index contributed by atoms with van der Waals surface area (Å²) < 4.78 is 0. The van der Waals surface area contributed by atoms with Gasteiger partial charge < -0.3 is 5.11 Å². The van der Waals surface area contributed by atoms with Crippen molar-refractivity contribution in [3.63, 3.8) is 0 Å². The fourth-order valence-corrected chi connectivity index (χ4v) is 2.42. The third-order valence-electron chi connectivity index (χ3n) is 3.79. The molecule has 1 saturated carbocycles. The maximum Gasteiger partial charge on any atom is 0.0896 e. The second kappa shape index (κ2) is 3.54. The summed E-state index contributed by atoms with van der Waals surface area (Å²) in [6.45, 7) is 3.92. The van der Waals surface area contributed by atoms with Gasteiger partial charge >= 0.3 is 0 Å². The Balaban J connectivity index is 2.10. The van der Waals surface area contributed by atoms with Gasteiger partial charge in [0.15, 0.2) is 0 Å². The molecule has 0 bridgehead atoms. The molecule has 1 heterocycles. The summed E-state index contributed by atoms with van der Waals surface area (Å²) in [4.78, 5) is 4.48. The Hall–Kier alpha value is -1.41. The van der Waals surface area contributed by atoms with E-state index in [2.05, 4.69) is 17.1 Å². The number of hydrogen-bond acceptors (Lipinski definition) is 2. The molecule has 1 aromatic heterocycles. The Bertz CT molecular complexity index is 570. The molecule has 2 aromatic rings. The molecule has 17 heavy (non-hydrogen) atoms. The van der Waals surface area contributed by atoms with Crippen LogP contribution in [0, 0.1) is 12.8 Å². The van der Waals surface area contributed by atoms with Crippen molar-refractivity contribution in [2.45, 2.75) is 32.3 Å². The quantitative estimate of drug-likeness (QED) is 0.854. The summed E-state index contributed by atoms with van der Waals surface area (Å²) in [5, 5.41) is 11.6. The third kappa shape index (κ3) is 1.83. The fourth-order valence-electron chi connectivity index (χ4n) is 2.42. The molecule has 0 aliphatic heterocycles. The molecule has 2 heteroatoms. The smallest absolute Gasteiger partial charge is 0.0896 e. The summed E-state index contributed by atoms with van der Waals surface area (Å²) in [5.41, 5.74) is 2.36. The number of pyridine rings is 1. The number of rotatable bonds is 2. The Morgan fingerprint density at radius 2 is 2.00 bits per heavy atom. The average Bonchev–Trinajstić information content (AvgIpc) is 3.12. The van der Waals surface area contributed by atoms with Crippen molar-refractivity contribution in [3.8, 4) is 0 Å². The van der Waals surface area contributed by atoms with Gasteiger partial charge in [-0.3, -0.25) is 4.98 Å². The molecule has 2 nitrogen and oxygen atoms in total. The molecule has 1 atom stereocenters. The minimum atomic E-state index is -0.681. The van der Waals surface area contributed by atoms with Crippen LogP contribution in [0.3, 0.4) is 0 Å². The molecule has 1 N–H and O–H groups in total. The van der Waals surface area contributed by atoms with Crippen LogP contribution < -0.4 is 0 Å². The van der Waals surface area contributed by atoms with Crippen LogP contribution in [0.15, 0.2) is 30.3 Å². The monoisotopic (exact) mass is 227 g/mol. The van der Waals surface area contributed by atoms with Crippen molar-refractivity contribution in [1.29, 1.82) is 0 Å². The second-order valence-electron chi connectivity index (χ2n) is 5.28. The highest BCUT2D eigenvalue weighted by Crippen LogP contribution is 2.45. The van der Waals surface area contributed by atoms with Gasteiger partial charge in [-0.1, -0.05) is 12.1 Å². The molecule has 3 rings (SSSR count). The SMILES string of the molecule is Cc1ccc2cc(C(C)(O)C3CC3)ccc2n1. The fraction of sp³-hybridized carbons (Fsp3) is 0.400. The van der Waals surface area contributed by atoms with Crippen molar-refractivity contribution in [2.24, 2.45) is 5.92 Å². The Morgan fingerprint density at radius 1 is 1.24 bits per heavy atom. The number of fused-ring (bicyclic) bond motifs is 1. The lowest BCUT2D eigenvalue weighted by atomic mass is 9.90. The largest absolute Gasteiger partial charge is 0.385 e. The molecular formula is C15H17NO. The number of aryl methyl sites for hydroxylation is 1. The zero-order chi connectivity index (χ0) is 12.0. The summed E-state index contributed by atoms with van der Waals surface area (Å²) >= 11 is 0. The first kappa shape index (κ1) is 10.7. The normalized spacial score (nSPS) is 19.2. The molecule has 1 unspecified atom stereocenters. The molecule has 0 amide bonds. The van der Waals surface area contributed by atoms with Crippen molar-refractivity contribution in [3.05, 3.63) is 41.6 Å². The summed E-state index contributed by atoms with van der Waals surface area (Å²) in [5.74, 6) is 0.429. The zero-order valence-corrected chi connectivity index (χ0v) is 10.3. The molecular weight excluding hydrogens is 210 g/mol. The topological polar surface area (TPSA) is 33.1 Å². The molecule has 1 aliphatic carbocycles. The lowest BCUT2D eigenvalue weighted by Crippen LogP contribution is -2.23. The average molecular weight is 227 g/mol. The van der Waals surface area contributed by atoms with Gasteiger partial charge in [0, 0.05) is 11.1 Å². The lowest BCUT2D eigenvalue weighted by Gasteiger charge is -2.23. The highest BCUT2D eigenvalue weighted by atomic mass is 16.3. The van der Waals surface area contributed by atoms with Crippen LogP contribution >= 0.6 is 0 Å². The van der Waals surface area contributed by atoms with E-state index >= 15 is 0 Å². The van der Waals surface area contributed by atoms with E-state index in [1.165, 1.54) is 0 Å². The molecule has 1 aromatic carbocycles. The molecule has 0 spiro atoms. The first-order chi connectivity index (χ1) is 8.07. The molecule has 0 saturated heterocycles. The highest BCUT2D eigenvalue weighted by molar-refractivity contribution is 5.79. The summed E-state index contributed by atoms with van der Waals surface area (Å²) in [6.07, 6.45) is 2.27. The molecule has 1 aliphatic rings. The van der Waals surface area contributed by atoms with Crippen LogP contribution in [0.1, 0.15) is 31.0 Å². The van der Waals surface area contributed by atoms with Gasteiger partial charge in [-0.2, -0.15) is 0 Å². The maximum absolute atomic E-state index is 10.5. The lowest BCUT2D eigenvalue weighted by molar-refractivity contribution is 0.0332. The number of benzene rings is 1. The third-order valence-corrected chi connectivity index (χ3v) is 3.79. The van der Waals surface area contributed by atoms with Gasteiger partial charge in [0.2, 0.25) is 0 Å². The predicted octanol–water partition coefficient (Wildman–Crippen LogP) is 3.16. The number of aliphatic hydroxyl groups is 1. The van der Waals surface area contributed by atoms with Crippen LogP contribution in [0.25, 0.3) is 10.9 Å². The van der Waals surface area contributed by atoms with Crippen LogP contribution in [0.5, 0.6) is 0 Å². The van der Waals surface area contributed by atoms with E-state index in [9.17, 15) is 5.11 Å². The van der Waals surface area contributed by atoms with Crippen molar-refractivity contribution < 1.29 is 5.11 Å². The van der Waals surface area contributed by atoms with Crippen molar-refractivity contribution >= 4 is 10.9 Å². The van der Waals surface area contributed by atoms with Crippen molar-refractivity contribution in [1.82, 2.24) is 4.98 Å². The van der Waals surface area contributed by atoms with Crippen LogP contribution in [0.2, 0.25) is 0 Å². The highest BCUT2D eigenvalue weighted by Gasteiger charge is 2.41. The number of nitrogens with zero attached hydrogens (tertiary/aromatic N) is 1. The van der Waals surface area contributed by atoms with Crippen LogP contribution in [-0.4, -0.2) is 10.1 Å². The predicted molar refractivity (Wildman–Crippen MR) is 68.8 cm³/mol. The van der Waals surface area contributed by atoms with E-state index in [0.717, 1.165) is 35.0 Å². The number of aromatic nitrogens is 1. The molecule has 0 radical (unpaired) electrons. The molecule has 88 valence electrons. The van der Waals surface area contributed by atoms with Gasteiger partial charge in [-0.05, 0) is 56.4 Å². The van der Waals surface area contributed by atoms with Crippen LogP contribution in [0.4, 0.5) is 0 Å². The van der Waals surface area contributed by atoms with Gasteiger partial charge in [0.05, 0.1) is 11.1 Å². The second-order valence-corrected chi connectivity index (χ2v) is 5.28. The first-order valence-electron chi connectivity index (χ1n) is 6.17. The number of hydrogen-bond donors (Lipinski definition) is 1. The molecule has 1 fully saturated rings. The van der Waals surface area contributed by atoms with E-state index in [4.69, 9.17) is 0 Å². The summed E-state index contributed by atoms with van der Waals surface area (Å²) in [7, 11) is 0. The Labute approximate surface area is 101 Å². The maximum atomic E-state index is 10.5. The Kier molecular flexibility index (Phi) is 2.23. The van der Waals surface area contributed by atoms with E-state index in [1.807, 2.05) is 32.0 Å². The van der Waals surface area contributed by atoms with Gasteiger partial charge in [0.1, 0.15) is 0 Å². The van der Waals surface area contributed by atoms with Gasteiger partial charge in [0.25, 0.3) is 0 Å². The van der Waals surface area contributed by atoms with Gasteiger partial charge in [-0.25, -0.2) is 0 Å². The zero-order valence-electron chi connectivity index (χ0n) is 10.3.